The lowest BCUT2D eigenvalue weighted by molar-refractivity contribution is -0.117. The second-order valence-corrected chi connectivity index (χ2v) is 7.02. The quantitative estimate of drug-likeness (QED) is 0.789. The predicted molar refractivity (Wildman–Crippen MR) is 104 cm³/mol. The molecule has 1 fully saturated rings. The van der Waals surface area contributed by atoms with Crippen LogP contribution in [0.5, 0.6) is 0 Å². The van der Waals surface area contributed by atoms with Crippen molar-refractivity contribution in [3.8, 4) is 0 Å². The van der Waals surface area contributed by atoms with E-state index >= 15 is 0 Å². The Bertz CT molecular complexity index is 805. The number of nitrogens with one attached hydrogen (secondary N) is 2. The van der Waals surface area contributed by atoms with Crippen molar-refractivity contribution in [3.05, 3.63) is 41.2 Å². The van der Waals surface area contributed by atoms with Gasteiger partial charge in [-0.25, -0.2) is 9.37 Å². The van der Waals surface area contributed by atoms with Crippen LogP contribution in [-0.4, -0.2) is 65.9 Å². The molecule has 9 heteroatoms. The van der Waals surface area contributed by atoms with E-state index in [1.165, 1.54) is 23.5 Å². The number of amides is 2. The molecule has 2 aromatic rings. The average molecular weight is 391 g/mol. The number of para-hydroxylation sites is 1. The van der Waals surface area contributed by atoms with Crippen molar-refractivity contribution in [1.82, 2.24) is 14.8 Å². The summed E-state index contributed by atoms with van der Waals surface area (Å²) in [5.41, 5.74) is 0.623. The maximum Gasteiger partial charge on any atom is 0.273 e. The summed E-state index contributed by atoms with van der Waals surface area (Å²) in [6.45, 7) is 5.12. The number of piperazine rings is 1. The van der Waals surface area contributed by atoms with Crippen LogP contribution in [0.1, 0.15) is 17.4 Å². The number of carbonyl (C=O) groups excluding carboxylic acids is 2. The fourth-order valence-electron chi connectivity index (χ4n) is 2.83. The molecular formula is C18H22FN5O2S. The van der Waals surface area contributed by atoms with Gasteiger partial charge in [-0.2, -0.15) is 0 Å². The van der Waals surface area contributed by atoms with Crippen molar-refractivity contribution in [2.24, 2.45) is 0 Å². The normalized spacial score (nSPS) is 14.8. The van der Waals surface area contributed by atoms with Gasteiger partial charge in [0, 0.05) is 38.1 Å². The van der Waals surface area contributed by atoms with Crippen LogP contribution in [0.3, 0.4) is 0 Å². The summed E-state index contributed by atoms with van der Waals surface area (Å²) >= 11 is 1.41. The fraction of sp³-hybridized carbons (Fsp3) is 0.389. The van der Waals surface area contributed by atoms with E-state index in [2.05, 4.69) is 15.6 Å². The van der Waals surface area contributed by atoms with Gasteiger partial charge in [-0.05, 0) is 19.1 Å². The zero-order valence-electron chi connectivity index (χ0n) is 15.1. The molecule has 2 N–H and O–H groups in total. The van der Waals surface area contributed by atoms with E-state index < -0.39 is 5.82 Å². The first-order chi connectivity index (χ1) is 13.1. The molecule has 0 atom stereocenters. The van der Waals surface area contributed by atoms with Gasteiger partial charge in [-0.3, -0.25) is 14.5 Å². The number of halogens is 1. The number of carbonyl (C=O) groups is 2. The highest BCUT2D eigenvalue weighted by Gasteiger charge is 2.25. The lowest BCUT2D eigenvalue weighted by Crippen LogP contribution is -2.50. The lowest BCUT2D eigenvalue weighted by Gasteiger charge is -2.33. The third-order valence-electron chi connectivity index (χ3n) is 4.23. The Morgan fingerprint density at radius 3 is 2.67 bits per heavy atom. The van der Waals surface area contributed by atoms with Crippen LogP contribution in [0.4, 0.5) is 15.2 Å². The molecule has 0 spiro atoms. The molecule has 2 amide bonds. The van der Waals surface area contributed by atoms with E-state index in [9.17, 15) is 14.0 Å². The summed E-state index contributed by atoms with van der Waals surface area (Å²) in [7, 11) is 0. The Morgan fingerprint density at radius 2 is 1.96 bits per heavy atom. The van der Waals surface area contributed by atoms with Gasteiger partial charge in [0.05, 0.1) is 12.2 Å². The van der Waals surface area contributed by atoms with E-state index in [0.717, 1.165) is 11.7 Å². The van der Waals surface area contributed by atoms with E-state index in [0.29, 0.717) is 31.9 Å². The van der Waals surface area contributed by atoms with Crippen LogP contribution in [0, 0.1) is 5.82 Å². The molecule has 0 aliphatic carbocycles. The number of hydrogen-bond donors (Lipinski definition) is 2. The zero-order valence-corrected chi connectivity index (χ0v) is 15.9. The Hall–Kier alpha value is -2.52. The smallest absolute Gasteiger partial charge is 0.273 e. The third kappa shape index (κ3) is 5.01. The van der Waals surface area contributed by atoms with Gasteiger partial charge in [0.2, 0.25) is 5.91 Å². The first kappa shape index (κ1) is 19.2. The van der Waals surface area contributed by atoms with Crippen molar-refractivity contribution in [1.29, 1.82) is 0 Å². The summed E-state index contributed by atoms with van der Waals surface area (Å²) < 4.78 is 13.6. The second-order valence-electron chi connectivity index (χ2n) is 6.16. The van der Waals surface area contributed by atoms with E-state index in [1.807, 2.05) is 11.8 Å². The Labute approximate surface area is 161 Å². The molecule has 144 valence electrons. The van der Waals surface area contributed by atoms with Crippen molar-refractivity contribution in [3.63, 3.8) is 0 Å². The predicted octanol–water partition coefficient (Wildman–Crippen LogP) is 2.11. The van der Waals surface area contributed by atoms with Gasteiger partial charge in [-0.1, -0.05) is 12.1 Å². The number of benzene rings is 1. The number of hydrogen-bond acceptors (Lipinski definition) is 6. The number of nitrogens with zero attached hydrogens (tertiary/aromatic N) is 3. The van der Waals surface area contributed by atoms with Gasteiger partial charge < -0.3 is 15.5 Å². The topological polar surface area (TPSA) is 77.6 Å². The van der Waals surface area contributed by atoms with Gasteiger partial charge in [0.15, 0.2) is 5.13 Å². The molecule has 0 saturated carbocycles. The zero-order chi connectivity index (χ0) is 19.2. The summed E-state index contributed by atoms with van der Waals surface area (Å²) in [6.07, 6.45) is 0. The Balaban J connectivity index is 1.47. The monoisotopic (exact) mass is 391 g/mol. The van der Waals surface area contributed by atoms with E-state index in [1.54, 1.807) is 22.4 Å². The SMILES string of the molecule is CCNc1nc(C(=O)N2CCN(CC(=O)Nc3ccccc3F)CC2)cs1. The maximum atomic E-state index is 13.6. The third-order valence-corrected chi connectivity index (χ3v) is 5.03. The number of anilines is 2. The van der Waals surface area contributed by atoms with Crippen LogP contribution < -0.4 is 10.6 Å². The van der Waals surface area contributed by atoms with Crippen molar-refractivity contribution in [2.75, 3.05) is 49.9 Å². The summed E-state index contributed by atoms with van der Waals surface area (Å²) in [5.74, 6) is -0.818. The molecule has 0 bridgehead atoms. The highest BCUT2D eigenvalue weighted by atomic mass is 32.1. The molecular weight excluding hydrogens is 369 g/mol. The van der Waals surface area contributed by atoms with E-state index in [4.69, 9.17) is 0 Å². The van der Waals surface area contributed by atoms with Gasteiger partial charge >= 0.3 is 0 Å². The molecule has 2 heterocycles. The van der Waals surface area contributed by atoms with E-state index in [-0.39, 0.29) is 24.0 Å². The minimum absolute atomic E-state index is 0.0918. The number of rotatable bonds is 6. The molecule has 1 saturated heterocycles. The summed E-state index contributed by atoms with van der Waals surface area (Å²) in [4.78, 5) is 32.6. The van der Waals surface area contributed by atoms with Crippen LogP contribution in [0.15, 0.2) is 29.6 Å². The molecule has 1 aromatic heterocycles. The molecule has 1 aromatic carbocycles. The fourth-order valence-corrected chi connectivity index (χ4v) is 3.59. The molecule has 27 heavy (non-hydrogen) atoms. The molecule has 7 nitrogen and oxygen atoms in total. The summed E-state index contributed by atoms with van der Waals surface area (Å²) in [6, 6.07) is 6.08. The second kappa shape index (κ2) is 8.92. The van der Waals surface area contributed by atoms with Crippen LogP contribution in [-0.2, 0) is 4.79 Å². The van der Waals surface area contributed by atoms with Gasteiger partial charge in [0.1, 0.15) is 11.5 Å². The van der Waals surface area contributed by atoms with Crippen molar-refractivity contribution in [2.45, 2.75) is 6.92 Å². The largest absolute Gasteiger partial charge is 0.362 e. The van der Waals surface area contributed by atoms with Crippen LogP contribution in [0.2, 0.25) is 0 Å². The minimum Gasteiger partial charge on any atom is -0.362 e. The van der Waals surface area contributed by atoms with Crippen LogP contribution in [0.25, 0.3) is 0 Å². The maximum absolute atomic E-state index is 13.6. The van der Waals surface area contributed by atoms with Gasteiger partial charge in [-0.15, -0.1) is 11.3 Å². The molecule has 0 radical (unpaired) electrons. The number of aromatic nitrogens is 1. The van der Waals surface area contributed by atoms with Crippen LogP contribution >= 0.6 is 11.3 Å². The lowest BCUT2D eigenvalue weighted by atomic mass is 10.2. The van der Waals surface area contributed by atoms with Gasteiger partial charge in [0.25, 0.3) is 5.91 Å². The molecule has 1 aliphatic rings. The Morgan fingerprint density at radius 1 is 1.22 bits per heavy atom. The highest BCUT2D eigenvalue weighted by molar-refractivity contribution is 7.13. The number of thiazole rings is 1. The van der Waals surface area contributed by atoms with Crippen molar-refractivity contribution >= 4 is 34.0 Å². The summed E-state index contributed by atoms with van der Waals surface area (Å²) in [5, 5.41) is 8.17. The standard InChI is InChI=1S/C18H22FN5O2S/c1-2-20-18-22-15(12-27-18)17(26)24-9-7-23(8-10-24)11-16(25)21-14-6-4-3-5-13(14)19/h3-6,12H,2,7-11H2,1H3,(H,20,22)(H,21,25). The van der Waals surface area contributed by atoms with Crippen molar-refractivity contribution < 1.29 is 14.0 Å². The average Bonchev–Trinajstić information content (AvgIpc) is 3.13. The minimum atomic E-state index is -0.457. The molecule has 1 aliphatic heterocycles. The molecule has 3 rings (SSSR count). The first-order valence-corrected chi connectivity index (χ1v) is 9.70. The highest BCUT2D eigenvalue weighted by Crippen LogP contribution is 2.17. The first-order valence-electron chi connectivity index (χ1n) is 8.82. The molecule has 0 unspecified atom stereocenters. The Kier molecular flexibility index (Phi) is 6.36.